The highest BCUT2D eigenvalue weighted by atomic mass is 35.5. The standard InChI is InChI=1S/C22H21ClF3N3O2/c23-17-6-4-14(5-7-17)20(30)27-18-11-19-13-29(9-8-28(19)12-18)21(31)15-2-1-3-16(10-15)22(24,25)26/h1-7,10,18-19H,8-9,11-13H2,(H,27,30)/t18-,19-/m0/s1. The van der Waals surface area contributed by atoms with Crippen molar-refractivity contribution < 1.29 is 22.8 Å². The number of amides is 2. The maximum absolute atomic E-state index is 13.0. The van der Waals surface area contributed by atoms with Crippen molar-refractivity contribution in [2.45, 2.75) is 24.7 Å². The molecule has 9 heteroatoms. The van der Waals surface area contributed by atoms with E-state index in [1.54, 1.807) is 29.2 Å². The van der Waals surface area contributed by atoms with Crippen molar-refractivity contribution in [3.8, 4) is 0 Å². The molecule has 2 aliphatic heterocycles. The van der Waals surface area contributed by atoms with E-state index in [4.69, 9.17) is 11.6 Å². The van der Waals surface area contributed by atoms with Gasteiger partial charge >= 0.3 is 6.18 Å². The molecule has 2 aromatic carbocycles. The van der Waals surface area contributed by atoms with Crippen LogP contribution in [0.4, 0.5) is 13.2 Å². The van der Waals surface area contributed by atoms with Crippen LogP contribution in [0.3, 0.4) is 0 Å². The lowest BCUT2D eigenvalue weighted by atomic mass is 10.1. The molecule has 164 valence electrons. The molecule has 2 aliphatic rings. The van der Waals surface area contributed by atoms with Crippen LogP contribution < -0.4 is 5.32 Å². The van der Waals surface area contributed by atoms with Gasteiger partial charge in [-0.2, -0.15) is 13.2 Å². The van der Waals surface area contributed by atoms with Gasteiger partial charge in [-0.15, -0.1) is 0 Å². The van der Waals surface area contributed by atoms with Gasteiger partial charge in [0.15, 0.2) is 0 Å². The van der Waals surface area contributed by atoms with Crippen LogP contribution in [0.5, 0.6) is 0 Å². The number of halogens is 4. The van der Waals surface area contributed by atoms with E-state index in [9.17, 15) is 22.8 Å². The van der Waals surface area contributed by atoms with Gasteiger partial charge in [-0.3, -0.25) is 14.5 Å². The molecule has 31 heavy (non-hydrogen) atoms. The van der Waals surface area contributed by atoms with Gasteiger partial charge in [-0.1, -0.05) is 17.7 Å². The van der Waals surface area contributed by atoms with Crippen molar-refractivity contribution >= 4 is 23.4 Å². The number of carbonyl (C=O) groups is 2. The first-order valence-corrected chi connectivity index (χ1v) is 10.4. The maximum Gasteiger partial charge on any atom is 0.416 e. The number of rotatable bonds is 3. The Labute approximate surface area is 182 Å². The summed E-state index contributed by atoms with van der Waals surface area (Å²) >= 11 is 5.86. The minimum absolute atomic E-state index is 0.0360. The predicted octanol–water partition coefficient (Wildman–Crippen LogP) is 3.69. The minimum atomic E-state index is -4.49. The van der Waals surface area contributed by atoms with Crippen molar-refractivity contribution in [3.05, 3.63) is 70.2 Å². The fraction of sp³-hybridized carbons (Fsp3) is 0.364. The zero-order valence-corrected chi connectivity index (χ0v) is 17.3. The van der Waals surface area contributed by atoms with E-state index in [2.05, 4.69) is 10.2 Å². The Morgan fingerprint density at radius 2 is 1.74 bits per heavy atom. The summed E-state index contributed by atoms with van der Waals surface area (Å²) in [6.45, 7) is 2.14. The summed E-state index contributed by atoms with van der Waals surface area (Å²) in [5.41, 5.74) is -0.271. The highest BCUT2D eigenvalue weighted by molar-refractivity contribution is 6.30. The number of alkyl halides is 3. The first kappa shape index (κ1) is 21.6. The van der Waals surface area contributed by atoms with Gasteiger partial charge < -0.3 is 10.2 Å². The fourth-order valence-corrected chi connectivity index (χ4v) is 4.34. The molecule has 2 fully saturated rings. The molecular weight excluding hydrogens is 431 g/mol. The molecular formula is C22H21ClF3N3O2. The number of nitrogens with zero attached hydrogens (tertiary/aromatic N) is 2. The molecule has 0 spiro atoms. The summed E-state index contributed by atoms with van der Waals surface area (Å²) in [5, 5.41) is 3.57. The monoisotopic (exact) mass is 451 g/mol. The fourth-order valence-electron chi connectivity index (χ4n) is 4.21. The number of fused-ring (bicyclic) bond motifs is 1. The van der Waals surface area contributed by atoms with E-state index in [0.717, 1.165) is 12.1 Å². The molecule has 2 aromatic rings. The van der Waals surface area contributed by atoms with Crippen LogP contribution in [0.25, 0.3) is 0 Å². The number of piperazine rings is 1. The topological polar surface area (TPSA) is 52.7 Å². The van der Waals surface area contributed by atoms with Crippen LogP contribution in [-0.2, 0) is 6.18 Å². The van der Waals surface area contributed by atoms with Gasteiger partial charge in [0.25, 0.3) is 11.8 Å². The Bertz CT molecular complexity index is 981. The predicted molar refractivity (Wildman–Crippen MR) is 110 cm³/mol. The van der Waals surface area contributed by atoms with Crippen LogP contribution in [0, 0.1) is 0 Å². The first-order chi connectivity index (χ1) is 14.7. The lowest BCUT2D eigenvalue weighted by molar-refractivity contribution is -0.137. The molecule has 2 atom stereocenters. The number of hydrogen-bond donors (Lipinski definition) is 1. The largest absolute Gasteiger partial charge is 0.416 e. The average molecular weight is 452 g/mol. The van der Waals surface area contributed by atoms with Crippen LogP contribution in [0.2, 0.25) is 5.02 Å². The summed E-state index contributed by atoms with van der Waals surface area (Å²) in [6, 6.07) is 11.2. The van der Waals surface area contributed by atoms with Gasteiger partial charge in [0.2, 0.25) is 0 Å². The third kappa shape index (κ3) is 4.85. The zero-order valence-electron chi connectivity index (χ0n) is 16.5. The molecule has 5 nitrogen and oxygen atoms in total. The Hall–Kier alpha value is -2.58. The highest BCUT2D eigenvalue weighted by Gasteiger charge is 2.38. The van der Waals surface area contributed by atoms with Crippen LogP contribution >= 0.6 is 11.6 Å². The molecule has 2 heterocycles. The van der Waals surface area contributed by atoms with Crippen LogP contribution in [0.1, 0.15) is 32.7 Å². The van der Waals surface area contributed by atoms with Gasteiger partial charge in [-0.05, 0) is 48.9 Å². The third-order valence-electron chi connectivity index (χ3n) is 5.78. The maximum atomic E-state index is 13.0. The minimum Gasteiger partial charge on any atom is -0.348 e. The second-order valence-corrected chi connectivity index (χ2v) is 8.33. The third-order valence-corrected chi connectivity index (χ3v) is 6.03. The second kappa shape index (κ2) is 8.51. The molecule has 0 unspecified atom stereocenters. The molecule has 1 N–H and O–H groups in total. The van der Waals surface area contributed by atoms with E-state index in [1.165, 1.54) is 12.1 Å². The van der Waals surface area contributed by atoms with E-state index in [1.807, 2.05) is 0 Å². The molecule has 0 aliphatic carbocycles. The van der Waals surface area contributed by atoms with E-state index >= 15 is 0 Å². The van der Waals surface area contributed by atoms with Gasteiger partial charge in [0.05, 0.1) is 5.56 Å². The van der Waals surface area contributed by atoms with Crippen molar-refractivity contribution in [2.75, 3.05) is 26.2 Å². The zero-order chi connectivity index (χ0) is 22.2. The number of nitrogens with one attached hydrogen (secondary N) is 1. The Kier molecular flexibility index (Phi) is 5.94. The summed E-state index contributed by atoms with van der Waals surface area (Å²) < 4.78 is 38.9. The summed E-state index contributed by atoms with van der Waals surface area (Å²) in [6.07, 6.45) is -3.82. The first-order valence-electron chi connectivity index (χ1n) is 9.98. The molecule has 0 radical (unpaired) electrons. The van der Waals surface area contributed by atoms with Crippen molar-refractivity contribution in [1.82, 2.24) is 15.1 Å². The second-order valence-electron chi connectivity index (χ2n) is 7.89. The van der Waals surface area contributed by atoms with Crippen molar-refractivity contribution in [2.24, 2.45) is 0 Å². The average Bonchev–Trinajstić information content (AvgIpc) is 3.14. The Morgan fingerprint density at radius 3 is 2.45 bits per heavy atom. The van der Waals surface area contributed by atoms with E-state index in [-0.39, 0.29) is 23.6 Å². The van der Waals surface area contributed by atoms with Crippen LogP contribution in [0.15, 0.2) is 48.5 Å². The molecule has 0 aromatic heterocycles. The number of benzene rings is 2. The van der Waals surface area contributed by atoms with Gasteiger partial charge in [-0.25, -0.2) is 0 Å². The lowest BCUT2D eigenvalue weighted by Crippen LogP contribution is -2.52. The van der Waals surface area contributed by atoms with Crippen LogP contribution in [-0.4, -0.2) is 59.9 Å². The van der Waals surface area contributed by atoms with Gasteiger partial charge in [0, 0.05) is 54.4 Å². The number of carbonyl (C=O) groups excluding carboxylic acids is 2. The molecule has 2 saturated heterocycles. The van der Waals surface area contributed by atoms with E-state index in [0.29, 0.717) is 43.2 Å². The molecule has 4 rings (SSSR count). The summed E-state index contributed by atoms with van der Waals surface area (Å²) in [4.78, 5) is 29.1. The Morgan fingerprint density at radius 1 is 1.00 bits per heavy atom. The lowest BCUT2D eigenvalue weighted by Gasteiger charge is -2.37. The SMILES string of the molecule is O=C(N[C@H]1C[C@H]2CN(C(=O)c3cccc(C(F)(F)F)c3)CCN2C1)c1ccc(Cl)cc1. The summed E-state index contributed by atoms with van der Waals surface area (Å²) in [5.74, 6) is -0.585. The van der Waals surface area contributed by atoms with Crippen molar-refractivity contribution in [3.63, 3.8) is 0 Å². The molecule has 0 bridgehead atoms. The smallest absolute Gasteiger partial charge is 0.348 e. The van der Waals surface area contributed by atoms with Gasteiger partial charge in [0.1, 0.15) is 0 Å². The molecule has 2 amide bonds. The highest BCUT2D eigenvalue weighted by Crippen LogP contribution is 2.30. The quantitative estimate of drug-likeness (QED) is 0.774. The molecule has 0 saturated carbocycles. The summed E-state index contributed by atoms with van der Waals surface area (Å²) in [7, 11) is 0. The van der Waals surface area contributed by atoms with Crippen molar-refractivity contribution in [1.29, 1.82) is 0 Å². The normalized spacial score (nSPS) is 21.6. The van der Waals surface area contributed by atoms with E-state index < -0.39 is 17.6 Å². The Balaban J connectivity index is 1.37. The number of hydrogen-bond acceptors (Lipinski definition) is 3.